The number of nitrogens with one attached hydrogen (secondary N) is 1. The summed E-state index contributed by atoms with van der Waals surface area (Å²) >= 11 is 0. The fourth-order valence-corrected chi connectivity index (χ4v) is 7.14. The smallest absolute Gasteiger partial charge is 0.220 e. The maximum Gasteiger partial charge on any atom is 0.220 e. The van der Waals surface area contributed by atoms with Crippen LogP contribution in [0.15, 0.2) is 48.5 Å². The second-order valence-corrected chi connectivity index (χ2v) is 12.7. The molecule has 7 N–H and O–H groups in total. The minimum Gasteiger partial charge on any atom is -0.394 e. The number of aliphatic hydroxyl groups excluding tert-OH is 6. The molecule has 0 bridgehead atoms. The summed E-state index contributed by atoms with van der Waals surface area (Å²) in [5.41, 5.74) is 4.01. The van der Waals surface area contributed by atoms with Gasteiger partial charge in [-0.05, 0) is 53.8 Å². The number of rotatable bonds is 11. The Balaban J connectivity index is 1.59. The molecule has 1 amide bonds. The van der Waals surface area contributed by atoms with E-state index in [1.165, 1.54) is 0 Å². The third-order valence-electron chi connectivity index (χ3n) is 7.27. The van der Waals surface area contributed by atoms with Crippen LogP contribution < -0.4 is 5.32 Å². The number of carbonyl (C=O) groups is 1. The maximum absolute atomic E-state index is 12.1. The number of thiol groups is 1. The van der Waals surface area contributed by atoms with Gasteiger partial charge in [0.25, 0.3) is 0 Å². The van der Waals surface area contributed by atoms with Crippen molar-refractivity contribution in [3.63, 3.8) is 0 Å². The third-order valence-corrected chi connectivity index (χ3v) is 9.77. The summed E-state index contributed by atoms with van der Waals surface area (Å²) in [6, 6.07) is 14.3. The lowest BCUT2D eigenvalue weighted by Crippen LogP contribution is -2.56. The predicted molar refractivity (Wildman–Crippen MR) is 151 cm³/mol. The van der Waals surface area contributed by atoms with Crippen LogP contribution in [-0.4, -0.2) is 92.2 Å². The Morgan fingerprint density at radius 2 is 1.68 bits per heavy atom. The van der Waals surface area contributed by atoms with Crippen molar-refractivity contribution < 1.29 is 35.4 Å². The predicted octanol–water partition coefficient (Wildman–Crippen LogP) is 0.980. The van der Waals surface area contributed by atoms with Gasteiger partial charge in [-0.3, -0.25) is 4.79 Å². The third kappa shape index (κ3) is 7.45. The standard InChI is InChI=1S/C29H41NO7S/c1-19-7-12-22(28-27(37)26(36)24(34)15-38(28)2)14-23(19)13-21-10-8-20(9-11-21)5-3-4-6-25(35)30-29(16-31,17-32)18-33/h3,5,7-12,14,24,26-28,31-34,36-38H,4,6,13,15-18H2,1-2H3,(H,30,35)/b5-3+/t24-,26-,27-,28+/m1/s1. The van der Waals surface area contributed by atoms with E-state index in [2.05, 4.69) is 42.8 Å². The summed E-state index contributed by atoms with van der Waals surface area (Å²) in [6.45, 7) is 0.414. The molecule has 1 unspecified atom stereocenters. The Labute approximate surface area is 227 Å². The monoisotopic (exact) mass is 547 g/mol. The lowest BCUT2D eigenvalue weighted by molar-refractivity contribution is -0.125. The van der Waals surface area contributed by atoms with Gasteiger partial charge in [-0.1, -0.05) is 54.6 Å². The average molecular weight is 548 g/mol. The van der Waals surface area contributed by atoms with Gasteiger partial charge in [-0.15, -0.1) is 0 Å². The zero-order valence-corrected chi connectivity index (χ0v) is 22.9. The first-order valence-corrected chi connectivity index (χ1v) is 14.9. The molecule has 2 aromatic rings. The van der Waals surface area contributed by atoms with Gasteiger partial charge in [0.1, 0.15) is 11.6 Å². The van der Waals surface area contributed by atoms with Crippen LogP contribution in [0.25, 0.3) is 6.08 Å². The van der Waals surface area contributed by atoms with Crippen LogP contribution in [-0.2, 0) is 11.2 Å². The van der Waals surface area contributed by atoms with E-state index in [1.54, 1.807) is 0 Å². The van der Waals surface area contributed by atoms with Crippen LogP contribution in [0.5, 0.6) is 0 Å². The molecule has 0 radical (unpaired) electrons. The molecule has 1 saturated heterocycles. The summed E-state index contributed by atoms with van der Waals surface area (Å²) in [6.07, 6.45) is 4.23. The number of amides is 1. The van der Waals surface area contributed by atoms with Crippen molar-refractivity contribution in [2.75, 3.05) is 31.8 Å². The largest absolute Gasteiger partial charge is 0.394 e. The molecule has 0 saturated carbocycles. The van der Waals surface area contributed by atoms with Gasteiger partial charge in [0.15, 0.2) is 0 Å². The number of hydrogen-bond donors (Lipinski definition) is 8. The van der Waals surface area contributed by atoms with Gasteiger partial charge in [-0.25, -0.2) is 10.9 Å². The number of aryl methyl sites for hydroxylation is 1. The quantitative estimate of drug-likeness (QED) is 0.195. The summed E-state index contributed by atoms with van der Waals surface area (Å²) in [7, 11) is -0.670. The molecule has 1 heterocycles. The van der Waals surface area contributed by atoms with Crippen LogP contribution in [0.3, 0.4) is 0 Å². The minimum atomic E-state index is -1.41. The second-order valence-electron chi connectivity index (χ2n) is 10.3. The fourth-order valence-electron chi connectivity index (χ4n) is 4.74. The van der Waals surface area contributed by atoms with Crippen molar-refractivity contribution in [2.24, 2.45) is 0 Å². The molecule has 0 aromatic heterocycles. The highest BCUT2D eigenvalue weighted by Gasteiger charge is 2.40. The van der Waals surface area contributed by atoms with E-state index in [1.807, 2.05) is 30.4 Å². The molecule has 8 nitrogen and oxygen atoms in total. The molecule has 2 aromatic carbocycles. The Hall–Kier alpha value is -2.24. The first-order valence-electron chi connectivity index (χ1n) is 12.9. The molecule has 1 aliphatic rings. The Morgan fingerprint density at radius 3 is 2.32 bits per heavy atom. The van der Waals surface area contributed by atoms with E-state index in [0.717, 1.165) is 34.2 Å². The molecule has 1 fully saturated rings. The first kappa shape index (κ1) is 30.3. The number of allylic oxidation sites excluding steroid dienone is 1. The van der Waals surface area contributed by atoms with Crippen LogP contribution in [0.2, 0.25) is 0 Å². The molecule has 0 aliphatic carbocycles. The molecular formula is C29H41NO7S. The molecule has 1 aliphatic heterocycles. The molecule has 0 spiro atoms. The maximum atomic E-state index is 12.1. The van der Waals surface area contributed by atoms with E-state index < -0.39 is 54.6 Å². The molecule has 9 heteroatoms. The zero-order valence-electron chi connectivity index (χ0n) is 22.0. The fraction of sp³-hybridized carbons (Fsp3) is 0.483. The van der Waals surface area contributed by atoms with Crippen LogP contribution >= 0.6 is 10.9 Å². The van der Waals surface area contributed by atoms with Crippen molar-refractivity contribution in [3.8, 4) is 0 Å². The Morgan fingerprint density at radius 1 is 1.03 bits per heavy atom. The van der Waals surface area contributed by atoms with E-state index in [9.17, 15) is 35.4 Å². The van der Waals surface area contributed by atoms with Crippen LogP contribution in [0, 0.1) is 6.92 Å². The molecule has 5 atom stereocenters. The van der Waals surface area contributed by atoms with Crippen molar-refractivity contribution in [1.29, 1.82) is 0 Å². The minimum absolute atomic E-state index is 0.164. The summed E-state index contributed by atoms with van der Waals surface area (Å²) in [4.78, 5) is 12.1. The number of aliphatic hydroxyl groups is 6. The summed E-state index contributed by atoms with van der Waals surface area (Å²) in [5, 5.41) is 61.2. The van der Waals surface area contributed by atoms with Crippen molar-refractivity contribution in [3.05, 3.63) is 76.4 Å². The number of carbonyl (C=O) groups excluding carboxylic acids is 1. The lowest BCUT2D eigenvalue weighted by Gasteiger charge is -2.42. The normalized spacial score (nSPS) is 25.0. The van der Waals surface area contributed by atoms with E-state index >= 15 is 0 Å². The number of hydrogen-bond acceptors (Lipinski definition) is 7. The molecule has 3 rings (SSSR count). The van der Waals surface area contributed by atoms with Gasteiger partial charge >= 0.3 is 0 Å². The van der Waals surface area contributed by atoms with E-state index in [0.29, 0.717) is 12.2 Å². The zero-order chi connectivity index (χ0) is 27.9. The molecular weight excluding hydrogens is 506 g/mol. The van der Waals surface area contributed by atoms with Crippen LogP contribution in [0.4, 0.5) is 0 Å². The van der Waals surface area contributed by atoms with Gasteiger partial charge < -0.3 is 36.0 Å². The van der Waals surface area contributed by atoms with E-state index in [-0.39, 0.29) is 17.6 Å². The molecule has 210 valence electrons. The highest BCUT2D eigenvalue weighted by molar-refractivity contribution is 8.16. The topological polar surface area (TPSA) is 150 Å². The summed E-state index contributed by atoms with van der Waals surface area (Å²) in [5.74, 6) is 0.150. The van der Waals surface area contributed by atoms with Crippen molar-refractivity contribution in [1.82, 2.24) is 5.32 Å². The lowest BCUT2D eigenvalue weighted by atomic mass is 9.93. The van der Waals surface area contributed by atoms with Crippen molar-refractivity contribution in [2.45, 2.75) is 55.3 Å². The highest BCUT2D eigenvalue weighted by Crippen LogP contribution is 2.48. The second kappa shape index (κ2) is 13.7. The van der Waals surface area contributed by atoms with Gasteiger partial charge in [-0.2, -0.15) is 0 Å². The summed E-state index contributed by atoms with van der Waals surface area (Å²) < 4.78 is 0. The van der Waals surface area contributed by atoms with Crippen LogP contribution in [0.1, 0.15) is 45.9 Å². The Kier molecular flexibility index (Phi) is 10.9. The number of benzene rings is 2. The SMILES string of the molecule is Cc1ccc([C@H]2[C@H](O)[C@H](O)[C@H](O)C[SH]2C)cc1Cc1ccc(/C=C/CCC(=O)NC(CO)(CO)CO)cc1. The highest BCUT2D eigenvalue weighted by atomic mass is 32.2. The Bertz CT molecular complexity index is 1080. The van der Waals surface area contributed by atoms with Gasteiger partial charge in [0.05, 0.1) is 32.0 Å². The molecule has 38 heavy (non-hydrogen) atoms. The van der Waals surface area contributed by atoms with Crippen molar-refractivity contribution >= 4 is 22.9 Å². The first-order chi connectivity index (χ1) is 18.1. The average Bonchev–Trinajstić information content (AvgIpc) is 2.91. The van der Waals surface area contributed by atoms with Gasteiger partial charge in [0, 0.05) is 17.4 Å². The van der Waals surface area contributed by atoms with Gasteiger partial charge in [0.2, 0.25) is 5.91 Å². The van der Waals surface area contributed by atoms with E-state index in [4.69, 9.17) is 0 Å².